The van der Waals surface area contributed by atoms with Crippen LogP contribution in [0.15, 0.2) is 66.7 Å². The van der Waals surface area contributed by atoms with Crippen LogP contribution < -0.4 is 15.4 Å². The summed E-state index contributed by atoms with van der Waals surface area (Å²) < 4.78 is 5.09. The third kappa shape index (κ3) is 4.62. The summed E-state index contributed by atoms with van der Waals surface area (Å²) in [6.45, 7) is 0. The second-order valence-electron chi connectivity index (χ2n) is 5.79. The predicted octanol–water partition coefficient (Wildman–Crippen LogP) is 5.80. The van der Waals surface area contributed by atoms with Crippen LogP contribution in [0.4, 0.5) is 5.69 Å². The van der Waals surface area contributed by atoms with E-state index in [9.17, 15) is 4.79 Å². The van der Waals surface area contributed by atoms with Crippen molar-refractivity contribution < 1.29 is 9.53 Å². The number of hydrogen-bond acceptors (Lipinski definition) is 3. The molecule has 0 saturated heterocycles. The first-order chi connectivity index (χ1) is 13.5. The predicted molar refractivity (Wildman–Crippen MR) is 119 cm³/mol. The number of carbonyl (C=O) groups is 1. The first-order valence-corrected chi connectivity index (χ1v) is 9.46. The SMILES string of the molecule is COc1c(Cl)cc(C(=O)NC(=S)Nc2ccccc2-c2ccccc2)cc1Cl. The van der Waals surface area contributed by atoms with E-state index in [0.29, 0.717) is 5.75 Å². The van der Waals surface area contributed by atoms with Crippen molar-refractivity contribution in [3.63, 3.8) is 0 Å². The number of benzene rings is 3. The van der Waals surface area contributed by atoms with Crippen molar-refractivity contribution in [2.75, 3.05) is 12.4 Å². The molecular formula is C21H16Cl2N2O2S. The zero-order chi connectivity index (χ0) is 20.1. The van der Waals surface area contributed by atoms with Crippen LogP contribution in [-0.2, 0) is 0 Å². The first kappa shape index (κ1) is 20.1. The van der Waals surface area contributed by atoms with Gasteiger partial charge in [-0.3, -0.25) is 10.1 Å². The van der Waals surface area contributed by atoms with Crippen LogP contribution in [0.1, 0.15) is 10.4 Å². The number of thiocarbonyl (C=S) groups is 1. The molecule has 2 N–H and O–H groups in total. The number of rotatable bonds is 4. The molecule has 0 bridgehead atoms. The van der Waals surface area contributed by atoms with Gasteiger partial charge in [-0.05, 0) is 36.0 Å². The Morgan fingerprint density at radius 3 is 2.21 bits per heavy atom. The molecule has 28 heavy (non-hydrogen) atoms. The Labute approximate surface area is 178 Å². The summed E-state index contributed by atoms with van der Waals surface area (Å²) in [5.74, 6) is -0.112. The third-order valence-corrected chi connectivity index (χ3v) is 4.72. The van der Waals surface area contributed by atoms with Gasteiger partial charge in [-0.25, -0.2) is 0 Å². The molecule has 0 aliphatic carbocycles. The lowest BCUT2D eigenvalue weighted by atomic mass is 10.0. The molecule has 3 rings (SSSR count). The van der Waals surface area contributed by atoms with E-state index < -0.39 is 5.91 Å². The highest BCUT2D eigenvalue weighted by Gasteiger charge is 2.15. The smallest absolute Gasteiger partial charge is 0.257 e. The number of anilines is 1. The monoisotopic (exact) mass is 430 g/mol. The van der Waals surface area contributed by atoms with Crippen LogP contribution in [0.2, 0.25) is 10.0 Å². The molecule has 0 heterocycles. The molecule has 0 saturated carbocycles. The Morgan fingerprint density at radius 2 is 1.57 bits per heavy atom. The number of hydrogen-bond donors (Lipinski definition) is 2. The molecule has 3 aromatic rings. The van der Waals surface area contributed by atoms with Gasteiger partial charge in [0.25, 0.3) is 5.91 Å². The maximum Gasteiger partial charge on any atom is 0.257 e. The van der Waals surface area contributed by atoms with Crippen molar-refractivity contribution in [2.45, 2.75) is 0 Å². The highest BCUT2D eigenvalue weighted by Crippen LogP contribution is 2.33. The summed E-state index contributed by atoms with van der Waals surface area (Å²) in [6, 6.07) is 20.5. The summed E-state index contributed by atoms with van der Waals surface area (Å²) in [7, 11) is 1.45. The first-order valence-electron chi connectivity index (χ1n) is 8.29. The van der Waals surface area contributed by atoms with Gasteiger partial charge in [0.15, 0.2) is 10.9 Å². The fraction of sp³-hybridized carbons (Fsp3) is 0.0476. The van der Waals surface area contributed by atoms with Crippen LogP contribution in [0.5, 0.6) is 5.75 Å². The van der Waals surface area contributed by atoms with E-state index in [4.69, 9.17) is 40.2 Å². The number of carbonyl (C=O) groups excluding carboxylic acids is 1. The molecular weight excluding hydrogens is 415 g/mol. The Hall–Kier alpha value is -2.60. The van der Waals surface area contributed by atoms with Gasteiger partial charge in [-0.2, -0.15) is 0 Å². The molecule has 0 radical (unpaired) electrons. The van der Waals surface area contributed by atoms with Gasteiger partial charge in [-0.15, -0.1) is 0 Å². The van der Waals surface area contributed by atoms with Crippen LogP contribution in [0, 0.1) is 0 Å². The molecule has 0 aromatic heterocycles. The molecule has 0 unspecified atom stereocenters. The van der Waals surface area contributed by atoms with Crippen molar-refractivity contribution in [3.05, 3.63) is 82.3 Å². The Bertz CT molecular complexity index is 1000. The molecule has 0 fully saturated rings. The summed E-state index contributed by atoms with van der Waals surface area (Å²) in [5.41, 5.74) is 3.06. The number of para-hydroxylation sites is 1. The molecule has 7 heteroatoms. The van der Waals surface area contributed by atoms with Crippen LogP contribution in [0.3, 0.4) is 0 Å². The third-order valence-electron chi connectivity index (χ3n) is 3.95. The summed E-state index contributed by atoms with van der Waals surface area (Å²) >= 11 is 17.5. The molecule has 0 atom stereocenters. The second kappa shape index (κ2) is 9.06. The summed E-state index contributed by atoms with van der Waals surface area (Å²) in [6.07, 6.45) is 0. The van der Waals surface area contributed by atoms with Gasteiger partial charge in [0.2, 0.25) is 0 Å². The van der Waals surface area contributed by atoms with Gasteiger partial charge < -0.3 is 10.1 Å². The van der Waals surface area contributed by atoms with E-state index in [1.54, 1.807) is 0 Å². The fourth-order valence-corrected chi connectivity index (χ4v) is 3.52. The highest BCUT2D eigenvalue weighted by molar-refractivity contribution is 7.80. The zero-order valence-corrected chi connectivity index (χ0v) is 17.2. The highest BCUT2D eigenvalue weighted by atomic mass is 35.5. The number of nitrogens with one attached hydrogen (secondary N) is 2. The largest absolute Gasteiger partial charge is 0.494 e. The van der Waals surface area contributed by atoms with Crippen molar-refractivity contribution in [2.24, 2.45) is 0 Å². The summed E-state index contributed by atoms with van der Waals surface area (Å²) in [5, 5.41) is 6.36. The van der Waals surface area contributed by atoms with E-state index in [2.05, 4.69) is 10.6 Å². The average molecular weight is 431 g/mol. The maximum atomic E-state index is 12.5. The van der Waals surface area contributed by atoms with E-state index in [1.165, 1.54) is 19.2 Å². The lowest BCUT2D eigenvalue weighted by molar-refractivity contribution is 0.0977. The normalized spacial score (nSPS) is 10.2. The van der Waals surface area contributed by atoms with Crippen molar-refractivity contribution in [1.82, 2.24) is 5.32 Å². The fourth-order valence-electron chi connectivity index (χ4n) is 2.68. The van der Waals surface area contributed by atoms with Gasteiger partial charge in [-0.1, -0.05) is 71.7 Å². The van der Waals surface area contributed by atoms with Gasteiger partial charge in [0, 0.05) is 16.8 Å². The number of halogens is 2. The van der Waals surface area contributed by atoms with E-state index >= 15 is 0 Å². The summed E-state index contributed by atoms with van der Waals surface area (Å²) in [4.78, 5) is 12.5. The minimum Gasteiger partial charge on any atom is -0.494 e. The van der Waals surface area contributed by atoms with E-state index in [0.717, 1.165) is 16.8 Å². The van der Waals surface area contributed by atoms with Crippen LogP contribution >= 0.6 is 35.4 Å². The molecule has 0 spiro atoms. The van der Waals surface area contributed by atoms with Gasteiger partial charge >= 0.3 is 0 Å². The van der Waals surface area contributed by atoms with Crippen molar-refractivity contribution in [3.8, 4) is 16.9 Å². The van der Waals surface area contributed by atoms with Crippen LogP contribution in [0.25, 0.3) is 11.1 Å². The topological polar surface area (TPSA) is 50.4 Å². The van der Waals surface area contributed by atoms with E-state index in [-0.39, 0.29) is 20.7 Å². The molecule has 1 amide bonds. The molecule has 0 aliphatic heterocycles. The number of methoxy groups -OCH3 is 1. The lowest BCUT2D eigenvalue weighted by Gasteiger charge is -2.14. The zero-order valence-electron chi connectivity index (χ0n) is 14.8. The Balaban J connectivity index is 1.76. The quantitative estimate of drug-likeness (QED) is 0.513. The van der Waals surface area contributed by atoms with Crippen molar-refractivity contribution in [1.29, 1.82) is 0 Å². The van der Waals surface area contributed by atoms with Gasteiger partial charge in [0.1, 0.15) is 0 Å². The molecule has 0 aliphatic rings. The molecule has 4 nitrogen and oxygen atoms in total. The average Bonchev–Trinajstić information content (AvgIpc) is 2.68. The number of ether oxygens (including phenoxy) is 1. The van der Waals surface area contributed by atoms with Crippen LogP contribution in [-0.4, -0.2) is 18.1 Å². The standard InChI is InChI=1S/C21H16Cl2N2O2S/c1-27-19-16(22)11-14(12-17(19)23)20(26)25-21(28)24-18-10-6-5-9-15(18)13-7-3-2-4-8-13/h2-12H,1H3,(H2,24,25,26,28). The van der Waals surface area contributed by atoms with E-state index in [1.807, 2.05) is 54.6 Å². The minimum absolute atomic E-state index is 0.163. The Morgan fingerprint density at radius 1 is 0.964 bits per heavy atom. The second-order valence-corrected chi connectivity index (χ2v) is 7.02. The maximum absolute atomic E-state index is 12.5. The molecule has 142 valence electrons. The number of amides is 1. The minimum atomic E-state index is -0.429. The van der Waals surface area contributed by atoms with Gasteiger partial charge in [0.05, 0.1) is 17.2 Å². The Kier molecular flexibility index (Phi) is 6.52. The molecule has 3 aromatic carbocycles. The van der Waals surface area contributed by atoms with Crippen molar-refractivity contribution >= 4 is 52.1 Å². The lowest BCUT2D eigenvalue weighted by Crippen LogP contribution is -2.34.